The number of carbonyl (C=O) groups is 1. The summed E-state index contributed by atoms with van der Waals surface area (Å²) < 4.78 is 40.2. The molecule has 0 spiro atoms. The van der Waals surface area contributed by atoms with E-state index >= 15 is 0 Å². The molecule has 0 radical (unpaired) electrons. The number of amides is 1. The van der Waals surface area contributed by atoms with Crippen molar-refractivity contribution in [2.75, 3.05) is 13.1 Å². The molecule has 0 saturated carbocycles. The Labute approximate surface area is 169 Å². The fraction of sp³-hybridized carbons (Fsp3) is 0.350. The molecule has 0 aliphatic carbocycles. The van der Waals surface area contributed by atoms with Crippen molar-refractivity contribution in [1.29, 1.82) is 0 Å². The van der Waals surface area contributed by atoms with Crippen LogP contribution < -0.4 is 5.32 Å². The number of rotatable bonds is 5. The van der Waals surface area contributed by atoms with Crippen molar-refractivity contribution < 1.29 is 17.6 Å². The van der Waals surface area contributed by atoms with Gasteiger partial charge in [-0.3, -0.25) is 4.79 Å². The van der Waals surface area contributed by atoms with E-state index in [0.717, 1.165) is 18.4 Å². The second-order valence-electron chi connectivity index (χ2n) is 7.04. The molecule has 1 fully saturated rings. The Balaban J connectivity index is 1.76. The van der Waals surface area contributed by atoms with Gasteiger partial charge in [0.2, 0.25) is 10.0 Å². The maximum absolute atomic E-state index is 13.0. The van der Waals surface area contributed by atoms with E-state index in [9.17, 15) is 17.6 Å². The lowest BCUT2D eigenvalue weighted by Crippen LogP contribution is -2.38. The van der Waals surface area contributed by atoms with Crippen LogP contribution in [-0.2, 0) is 16.6 Å². The van der Waals surface area contributed by atoms with Gasteiger partial charge in [-0.1, -0.05) is 30.7 Å². The first kappa shape index (κ1) is 20.8. The fourth-order valence-corrected chi connectivity index (χ4v) is 4.79. The van der Waals surface area contributed by atoms with Crippen molar-refractivity contribution >= 4 is 27.5 Å². The van der Waals surface area contributed by atoms with E-state index < -0.39 is 15.9 Å². The molecule has 1 saturated heterocycles. The molecule has 5 nitrogen and oxygen atoms in total. The minimum atomic E-state index is -3.68. The van der Waals surface area contributed by atoms with Gasteiger partial charge in [0.05, 0.1) is 15.5 Å². The zero-order chi connectivity index (χ0) is 20.3. The van der Waals surface area contributed by atoms with Crippen LogP contribution in [0.5, 0.6) is 0 Å². The van der Waals surface area contributed by atoms with Gasteiger partial charge in [-0.2, -0.15) is 4.31 Å². The molecule has 1 N–H and O–H groups in total. The van der Waals surface area contributed by atoms with Crippen LogP contribution in [0.4, 0.5) is 4.39 Å². The molecule has 1 amide bonds. The molecule has 1 aliphatic heterocycles. The van der Waals surface area contributed by atoms with Crippen LogP contribution in [0.1, 0.15) is 35.7 Å². The van der Waals surface area contributed by atoms with E-state index in [4.69, 9.17) is 11.6 Å². The quantitative estimate of drug-likeness (QED) is 0.793. The zero-order valence-electron chi connectivity index (χ0n) is 15.5. The van der Waals surface area contributed by atoms with E-state index in [1.807, 2.05) is 0 Å². The summed E-state index contributed by atoms with van der Waals surface area (Å²) in [6, 6.07) is 9.91. The van der Waals surface area contributed by atoms with Gasteiger partial charge < -0.3 is 5.32 Å². The van der Waals surface area contributed by atoms with Crippen molar-refractivity contribution in [3.63, 3.8) is 0 Å². The van der Waals surface area contributed by atoms with Crippen LogP contribution >= 0.6 is 11.6 Å². The topological polar surface area (TPSA) is 66.5 Å². The summed E-state index contributed by atoms with van der Waals surface area (Å²) in [4.78, 5) is 12.6. The molecular weight excluding hydrogens is 403 g/mol. The van der Waals surface area contributed by atoms with Gasteiger partial charge in [0.25, 0.3) is 5.91 Å². The van der Waals surface area contributed by atoms with E-state index in [-0.39, 0.29) is 27.8 Å². The molecule has 0 unspecified atom stereocenters. The zero-order valence-corrected chi connectivity index (χ0v) is 17.1. The third kappa shape index (κ3) is 4.71. The highest BCUT2D eigenvalue weighted by Crippen LogP contribution is 2.26. The second kappa shape index (κ2) is 8.59. The molecule has 1 aliphatic rings. The van der Waals surface area contributed by atoms with Gasteiger partial charge in [0.1, 0.15) is 5.82 Å². The molecule has 2 aromatic rings. The fourth-order valence-electron chi connectivity index (χ4n) is 3.09. The number of piperidine rings is 1. The third-order valence-corrected chi connectivity index (χ3v) is 7.15. The molecule has 150 valence electrons. The lowest BCUT2D eigenvalue weighted by atomic mass is 10.0. The van der Waals surface area contributed by atoms with Crippen molar-refractivity contribution in [2.45, 2.75) is 31.2 Å². The number of nitrogens with zero attached hydrogens (tertiary/aromatic N) is 1. The summed E-state index contributed by atoms with van der Waals surface area (Å²) in [5.74, 6) is -0.341. The van der Waals surface area contributed by atoms with Gasteiger partial charge in [-0.25, -0.2) is 12.8 Å². The van der Waals surface area contributed by atoms with Crippen LogP contribution in [0, 0.1) is 11.7 Å². The summed E-state index contributed by atoms with van der Waals surface area (Å²) in [7, 11) is -3.68. The number of sulfonamides is 1. The number of carbonyl (C=O) groups excluding carboxylic acids is 1. The molecule has 0 atom stereocenters. The van der Waals surface area contributed by atoms with Crippen LogP contribution in [0.15, 0.2) is 47.4 Å². The first-order chi connectivity index (χ1) is 13.3. The molecule has 1 heterocycles. The highest BCUT2D eigenvalue weighted by Gasteiger charge is 2.29. The monoisotopic (exact) mass is 424 g/mol. The predicted molar refractivity (Wildman–Crippen MR) is 106 cm³/mol. The summed E-state index contributed by atoms with van der Waals surface area (Å²) >= 11 is 6.13. The Morgan fingerprint density at radius 1 is 1.18 bits per heavy atom. The van der Waals surface area contributed by atoms with Gasteiger partial charge in [0, 0.05) is 19.6 Å². The summed E-state index contributed by atoms with van der Waals surface area (Å²) in [6.45, 7) is 3.22. The summed E-state index contributed by atoms with van der Waals surface area (Å²) in [5, 5.41) is 2.85. The Kier molecular flexibility index (Phi) is 6.37. The SMILES string of the molecule is CC1CCN(S(=O)(=O)c2ccc(Cl)c(C(=O)NCc3ccc(F)cc3)c2)CC1. The highest BCUT2D eigenvalue weighted by molar-refractivity contribution is 7.89. The molecule has 0 aromatic heterocycles. The molecule has 0 bridgehead atoms. The van der Waals surface area contributed by atoms with Gasteiger partial charge in [0.15, 0.2) is 0 Å². The van der Waals surface area contributed by atoms with Crippen LogP contribution in [0.25, 0.3) is 0 Å². The van der Waals surface area contributed by atoms with E-state index in [2.05, 4.69) is 12.2 Å². The minimum absolute atomic E-state index is 0.0541. The largest absolute Gasteiger partial charge is 0.348 e. The third-order valence-electron chi connectivity index (χ3n) is 4.93. The molecular formula is C20H22ClFN2O3S. The maximum atomic E-state index is 13.0. The number of hydrogen-bond donors (Lipinski definition) is 1. The minimum Gasteiger partial charge on any atom is -0.348 e. The van der Waals surface area contributed by atoms with Gasteiger partial charge in [-0.15, -0.1) is 0 Å². The molecule has 3 rings (SSSR count). The number of nitrogens with one attached hydrogen (secondary N) is 1. The van der Waals surface area contributed by atoms with Crippen molar-refractivity contribution in [3.05, 3.63) is 64.4 Å². The van der Waals surface area contributed by atoms with Crippen molar-refractivity contribution in [2.24, 2.45) is 5.92 Å². The number of halogens is 2. The lowest BCUT2D eigenvalue weighted by Gasteiger charge is -2.29. The van der Waals surface area contributed by atoms with Crippen LogP contribution in [-0.4, -0.2) is 31.7 Å². The first-order valence-electron chi connectivity index (χ1n) is 9.09. The van der Waals surface area contributed by atoms with Gasteiger partial charge in [-0.05, 0) is 54.7 Å². The van der Waals surface area contributed by atoms with Crippen LogP contribution in [0.2, 0.25) is 5.02 Å². The Bertz CT molecular complexity index is 956. The molecule has 8 heteroatoms. The van der Waals surface area contributed by atoms with Crippen molar-refractivity contribution in [1.82, 2.24) is 9.62 Å². The Morgan fingerprint density at radius 3 is 2.46 bits per heavy atom. The summed E-state index contributed by atoms with van der Waals surface area (Å²) in [5.41, 5.74) is 0.812. The predicted octanol–water partition coefficient (Wildman–Crippen LogP) is 3.83. The van der Waals surface area contributed by atoms with E-state index in [1.54, 1.807) is 12.1 Å². The van der Waals surface area contributed by atoms with E-state index in [1.165, 1.54) is 34.6 Å². The average molecular weight is 425 g/mol. The average Bonchev–Trinajstić information content (AvgIpc) is 2.68. The lowest BCUT2D eigenvalue weighted by molar-refractivity contribution is 0.0951. The summed E-state index contributed by atoms with van der Waals surface area (Å²) in [6.07, 6.45) is 1.63. The second-order valence-corrected chi connectivity index (χ2v) is 9.38. The smallest absolute Gasteiger partial charge is 0.253 e. The number of benzene rings is 2. The standard InChI is InChI=1S/C20H22ClFN2O3S/c1-14-8-10-24(11-9-14)28(26,27)17-6-7-19(21)18(12-17)20(25)23-13-15-2-4-16(22)5-3-15/h2-7,12,14H,8-11,13H2,1H3,(H,23,25). The Morgan fingerprint density at radius 2 is 1.82 bits per heavy atom. The molecule has 28 heavy (non-hydrogen) atoms. The first-order valence-corrected chi connectivity index (χ1v) is 10.9. The highest BCUT2D eigenvalue weighted by atomic mass is 35.5. The van der Waals surface area contributed by atoms with E-state index in [0.29, 0.717) is 19.0 Å². The van der Waals surface area contributed by atoms with Crippen LogP contribution in [0.3, 0.4) is 0 Å². The number of hydrogen-bond acceptors (Lipinski definition) is 3. The Hall–Kier alpha value is -1.96. The maximum Gasteiger partial charge on any atom is 0.253 e. The van der Waals surface area contributed by atoms with Gasteiger partial charge >= 0.3 is 0 Å². The molecule has 2 aromatic carbocycles. The van der Waals surface area contributed by atoms with Crippen molar-refractivity contribution in [3.8, 4) is 0 Å². The normalized spacial score (nSPS) is 16.1.